The first-order chi connectivity index (χ1) is 14.7. The third kappa shape index (κ3) is 2.76. The van der Waals surface area contributed by atoms with Crippen LogP contribution in [0.5, 0.6) is 0 Å². The number of ketones is 1. The first-order valence-corrected chi connectivity index (χ1v) is 11.7. The normalized spacial score (nSPS) is 34.1. The van der Waals surface area contributed by atoms with Crippen LogP contribution in [0.3, 0.4) is 0 Å². The Labute approximate surface area is 185 Å². The number of carbonyl (C=O) groups excluding carboxylic acids is 1. The summed E-state index contributed by atoms with van der Waals surface area (Å²) in [7, 11) is 0. The Balaban J connectivity index is 1.84. The van der Waals surface area contributed by atoms with E-state index in [1.807, 2.05) is 20.8 Å². The van der Waals surface area contributed by atoms with Crippen LogP contribution in [0.2, 0.25) is 0 Å². The number of carbonyl (C=O) groups is 1. The van der Waals surface area contributed by atoms with Crippen molar-refractivity contribution in [3.63, 3.8) is 0 Å². The van der Waals surface area contributed by atoms with E-state index in [4.69, 9.17) is 14.2 Å². The van der Waals surface area contributed by atoms with Crippen molar-refractivity contribution in [2.75, 3.05) is 20.0 Å². The minimum Gasteiger partial charge on any atom is -0.511 e. The lowest BCUT2D eigenvalue weighted by atomic mass is 9.53. The molecule has 2 saturated heterocycles. The maximum atomic E-state index is 14.2. The van der Waals surface area contributed by atoms with Crippen LogP contribution in [-0.2, 0) is 31.8 Å². The van der Waals surface area contributed by atoms with Crippen LogP contribution < -0.4 is 0 Å². The second kappa shape index (κ2) is 7.72. The summed E-state index contributed by atoms with van der Waals surface area (Å²) in [5, 5.41) is 11.7. The molecule has 0 spiro atoms. The monoisotopic (exact) mass is 428 g/mol. The number of aliphatic hydroxyl groups excluding tert-OH is 1. The molecule has 1 aromatic carbocycles. The van der Waals surface area contributed by atoms with Crippen molar-refractivity contribution in [2.45, 2.75) is 78.9 Å². The minimum absolute atomic E-state index is 0.0111. The van der Waals surface area contributed by atoms with Gasteiger partial charge in [-0.2, -0.15) is 0 Å². The number of hydrogen-bond donors (Lipinski definition) is 1. The van der Waals surface area contributed by atoms with Gasteiger partial charge in [0.25, 0.3) is 0 Å². The quantitative estimate of drug-likeness (QED) is 0.470. The standard InChI is InChI=1S/C26H36O5/c1-7-17-12-16(4)13-18(8-2)20(17)21-22(27)24(5)19-10-11-26(31-19,14-30-15-29-9-3)25(24,6)23(21)28/h12-13,19,27H,7-11,14-15H2,1-6H3/t19-,24+,25-,26-/m0/s1. The second-order valence-corrected chi connectivity index (χ2v) is 9.64. The zero-order chi connectivity index (χ0) is 22.6. The molecule has 0 radical (unpaired) electrons. The number of benzene rings is 1. The Morgan fingerprint density at radius 1 is 1.13 bits per heavy atom. The molecule has 2 heterocycles. The summed E-state index contributed by atoms with van der Waals surface area (Å²) < 4.78 is 17.7. The minimum atomic E-state index is -0.880. The summed E-state index contributed by atoms with van der Waals surface area (Å²) in [6.45, 7) is 13.2. The molecule has 2 bridgehead atoms. The van der Waals surface area contributed by atoms with E-state index in [1.54, 1.807) is 0 Å². The van der Waals surface area contributed by atoms with E-state index in [2.05, 4.69) is 32.9 Å². The largest absolute Gasteiger partial charge is 0.511 e. The molecule has 0 amide bonds. The van der Waals surface area contributed by atoms with E-state index in [0.29, 0.717) is 12.2 Å². The van der Waals surface area contributed by atoms with Gasteiger partial charge in [-0.05, 0) is 70.1 Å². The number of aliphatic hydroxyl groups is 1. The average Bonchev–Trinajstić information content (AvgIpc) is 3.32. The number of ether oxygens (including phenoxy) is 3. The smallest absolute Gasteiger partial charge is 0.176 e. The van der Waals surface area contributed by atoms with Crippen molar-refractivity contribution in [1.29, 1.82) is 0 Å². The maximum absolute atomic E-state index is 14.2. The average molecular weight is 429 g/mol. The molecule has 1 aliphatic carbocycles. The van der Waals surface area contributed by atoms with E-state index in [-0.39, 0.29) is 31.0 Å². The zero-order valence-corrected chi connectivity index (χ0v) is 19.8. The molecule has 3 aliphatic rings. The molecule has 0 saturated carbocycles. The van der Waals surface area contributed by atoms with E-state index in [9.17, 15) is 9.90 Å². The first kappa shape index (κ1) is 22.5. The summed E-state index contributed by atoms with van der Waals surface area (Å²) in [5.41, 5.74) is 2.47. The van der Waals surface area contributed by atoms with E-state index < -0.39 is 16.4 Å². The van der Waals surface area contributed by atoms with Crippen LogP contribution in [0, 0.1) is 17.8 Å². The summed E-state index contributed by atoms with van der Waals surface area (Å²) in [6.07, 6.45) is 2.98. The SMILES string of the molecule is CCOCOC[C@]12CC[C@H](O1)[C@]1(C)C(O)=C(c3c(CC)cc(C)cc3CC)C(=O)[C@]21C. The molecular formula is C26H36O5. The van der Waals surface area contributed by atoms with Gasteiger partial charge in [0.2, 0.25) is 0 Å². The molecule has 4 atom stereocenters. The fraction of sp³-hybridized carbons (Fsp3) is 0.654. The molecule has 170 valence electrons. The molecule has 2 fully saturated rings. The number of fused-ring (bicyclic) bond motifs is 5. The number of hydrogen-bond acceptors (Lipinski definition) is 5. The Hall–Kier alpha value is -1.69. The van der Waals surface area contributed by atoms with Crippen LogP contribution in [0.15, 0.2) is 17.9 Å². The molecule has 5 heteroatoms. The lowest BCUT2D eigenvalue weighted by Crippen LogP contribution is -2.57. The Morgan fingerprint density at radius 2 is 1.77 bits per heavy atom. The van der Waals surface area contributed by atoms with Gasteiger partial charge in [-0.15, -0.1) is 0 Å². The van der Waals surface area contributed by atoms with E-state index in [1.165, 1.54) is 5.56 Å². The molecule has 4 rings (SSSR count). The number of Topliss-reactive ketones (excluding diaryl/α,β-unsaturated/α-hetero) is 1. The van der Waals surface area contributed by atoms with Gasteiger partial charge in [0, 0.05) is 6.61 Å². The molecule has 0 unspecified atom stereocenters. The van der Waals surface area contributed by atoms with Crippen molar-refractivity contribution in [2.24, 2.45) is 10.8 Å². The van der Waals surface area contributed by atoms with Gasteiger partial charge < -0.3 is 19.3 Å². The molecule has 0 aromatic heterocycles. The van der Waals surface area contributed by atoms with Gasteiger partial charge in [0.1, 0.15) is 18.2 Å². The Morgan fingerprint density at radius 3 is 2.35 bits per heavy atom. The third-order valence-corrected chi connectivity index (χ3v) is 8.35. The molecule has 31 heavy (non-hydrogen) atoms. The summed E-state index contributed by atoms with van der Waals surface area (Å²) in [5.74, 6) is 0.188. The highest BCUT2D eigenvalue weighted by molar-refractivity contribution is 6.28. The van der Waals surface area contributed by atoms with Gasteiger partial charge in [-0.1, -0.05) is 31.5 Å². The number of allylic oxidation sites excluding steroid dienone is 1. The highest BCUT2D eigenvalue weighted by atomic mass is 16.7. The fourth-order valence-electron chi connectivity index (χ4n) is 6.43. The Kier molecular flexibility index (Phi) is 5.60. The fourth-order valence-corrected chi connectivity index (χ4v) is 6.43. The highest BCUT2D eigenvalue weighted by Gasteiger charge is 2.80. The van der Waals surface area contributed by atoms with Gasteiger partial charge in [-0.3, -0.25) is 4.79 Å². The van der Waals surface area contributed by atoms with Crippen molar-refractivity contribution >= 4 is 11.4 Å². The van der Waals surface area contributed by atoms with Crippen molar-refractivity contribution in [3.8, 4) is 0 Å². The van der Waals surface area contributed by atoms with Crippen LogP contribution in [0.25, 0.3) is 5.57 Å². The van der Waals surface area contributed by atoms with Crippen LogP contribution in [-0.4, -0.2) is 42.6 Å². The van der Waals surface area contributed by atoms with Crippen LogP contribution in [0.1, 0.15) is 69.7 Å². The summed E-state index contributed by atoms with van der Waals surface area (Å²) in [6, 6.07) is 4.29. The van der Waals surface area contributed by atoms with Crippen molar-refractivity contribution < 1.29 is 24.1 Å². The van der Waals surface area contributed by atoms with Gasteiger partial charge in [0.15, 0.2) is 5.78 Å². The summed E-state index contributed by atoms with van der Waals surface area (Å²) in [4.78, 5) is 14.2. The number of aryl methyl sites for hydroxylation is 3. The molecule has 1 aromatic rings. The van der Waals surface area contributed by atoms with Gasteiger partial charge in [-0.25, -0.2) is 0 Å². The summed E-state index contributed by atoms with van der Waals surface area (Å²) >= 11 is 0. The van der Waals surface area contributed by atoms with E-state index >= 15 is 0 Å². The second-order valence-electron chi connectivity index (χ2n) is 9.64. The molecule has 2 aliphatic heterocycles. The first-order valence-electron chi connectivity index (χ1n) is 11.7. The van der Waals surface area contributed by atoms with Crippen molar-refractivity contribution in [3.05, 3.63) is 40.1 Å². The molecule has 5 nitrogen and oxygen atoms in total. The van der Waals surface area contributed by atoms with Gasteiger partial charge in [0.05, 0.1) is 29.1 Å². The predicted molar refractivity (Wildman–Crippen MR) is 120 cm³/mol. The van der Waals surface area contributed by atoms with E-state index in [0.717, 1.165) is 42.4 Å². The maximum Gasteiger partial charge on any atom is 0.176 e. The predicted octanol–water partition coefficient (Wildman–Crippen LogP) is 4.93. The van der Waals surface area contributed by atoms with Crippen LogP contribution >= 0.6 is 0 Å². The Bertz CT molecular complexity index is 909. The van der Waals surface area contributed by atoms with Crippen LogP contribution in [0.4, 0.5) is 0 Å². The lowest BCUT2D eigenvalue weighted by molar-refractivity contribution is -0.155. The molecule has 1 N–H and O–H groups in total. The topological polar surface area (TPSA) is 65.0 Å². The number of rotatable bonds is 8. The van der Waals surface area contributed by atoms with Crippen molar-refractivity contribution in [1.82, 2.24) is 0 Å². The third-order valence-electron chi connectivity index (χ3n) is 8.35. The highest BCUT2D eigenvalue weighted by Crippen LogP contribution is 2.72. The zero-order valence-electron chi connectivity index (χ0n) is 19.8. The lowest BCUT2D eigenvalue weighted by Gasteiger charge is -2.46. The molecular weight excluding hydrogens is 392 g/mol. The van der Waals surface area contributed by atoms with Gasteiger partial charge >= 0.3 is 0 Å².